The minimum Gasteiger partial charge on any atom is -0.378 e. The lowest BCUT2D eigenvalue weighted by atomic mass is 10.1. The van der Waals surface area contributed by atoms with Gasteiger partial charge in [0, 0.05) is 39.8 Å². The highest BCUT2D eigenvalue weighted by molar-refractivity contribution is 5.85. The second-order valence-corrected chi connectivity index (χ2v) is 5.22. The number of ether oxygens (including phenoxy) is 1. The van der Waals surface area contributed by atoms with Crippen LogP contribution < -0.4 is 5.32 Å². The standard InChI is InChI=1S/C13H23N3O3.ClH/c1-15(12(17)9-11-3-2-8-19-11)10-13(18)16-6-4-14-5-7-16;/h11,14H,2-10H2,1H3;1H. The second kappa shape index (κ2) is 8.44. The number of nitrogens with one attached hydrogen (secondary N) is 1. The van der Waals surface area contributed by atoms with E-state index in [4.69, 9.17) is 4.74 Å². The molecule has 2 saturated heterocycles. The number of halogens is 1. The van der Waals surface area contributed by atoms with Gasteiger partial charge in [0.15, 0.2) is 0 Å². The van der Waals surface area contributed by atoms with E-state index >= 15 is 0 Å². The zero-order chi connectivity index (χ0) is 13.7. The minimum atomic E-state index is -0.00427. The molecule has 0 aliphatic carbocycles. The van der Waals surface area contributed by atoms with E-state index in [-0.39, 0.29) is 36.9 Å². The summed E-state index contributed by atoms with van der Waals surface area (Å²) in [6.07, 6.45) is 2.42. The predicted molar refractivity (Wildman–Crippen MR) is 77.9 cm³/mol. The van der Waals surface area contributed by atoms with E-state index in [2.05, 4.69) is 5.32 Å². The van der Waals surface area contributed by atoms with Crippen molar-refractivity contribution in [3.8, 4) is 0 Å². The molecule has 20 heavy (non-hydrogen) atoms. The average molecular weight is 306 g/mol. The Bertz CT molecular complexity index is 329. The molecule has 2 aliphatic rings. The van der Waals surface area contributed by atoms with Gasteiger partial charge < -0.3 is 19.9 Å². The fraction of sp³-hybridized carbons (Fsp3) is 0.846. The number of likely N-dealkylation sites (N-methyl/N-ethyl adjacent to an activating group) is 1. The number of hydrogen-bond donors (Lipinski definition) is 1. The molecule has 0 aromatic heterocycles. The Balaban J connectivity index is 0.00000200. The molecular weight excluding hydrogens is 282 g/mol. The average Bonchev–Trinajstić information content (AvgIpc) is 2.92. The number of carbonyl (C=O) groups is 2. The Labute approximate surface area is 126 Å². The van der Waals surface area contributed by atoms with Crippen LogP contribution in [0.1, 0.15) is 19.3 Å². The van der Waals surface area contributed by atoms with Crippen LogP contribution in [0.4, 0.5) is 0 Å². The molecule has 2 fully saturated rings. The Morgan fingerprint density at radius 3 is 2.65 bits per heavy atom. The number of rotatable bonds is 4. The molecule has 2 amide bonds. The minimum absolute atomic E-state index is 0. The Morgan fingerprint density at radius 1 is 1.35 bits per heavy atom. The first-order chi connectivity index (χ1) is 9.16. The highest BCUT2D eigenvalue weighted by Crippen LogP contribution is 2.16. The van der Waals surface area contributed by atoms with Crippen molar-refractivity contribution in [1.82, 2.24) is 15.1 Å². The molecule has 1 atom stereocenters. The van der Waals surface area contributed by atoms with Gasteiger partial charge >= 0.3 is 0 Å². The number of piperazine rings is 1. The summed E-state index contributed by atoms with van der Waals surface area (Å²) in [5, 5.41) is 3.20. The molecule has 0 saturated carbocycles. The maximum atomic E-state index is 12.0. The van der Waals surface area contributed by atoms with Crippen LogP contribution in [0.25, 0.3) is 0 Å². The van der Waals surface area contributed by atoms with Crippen molar-refractivity contribution >= 4 is 24.2 Å². The van der Waals surface area contributed by atoms with Crippen molar-refractivity contribution in [2.75, 3.05) is 46.4 Å². The fourth-order valence-electron chi connectivity index (χ4n) is 2.46. The van der Waals surface area contributed by atoms with Crippen LogP contribution in [0.3, 0.4) is 0 Å². The van der Waals surface area contributed by atoms with Crippen LogP contribution >= 0.6 is 12.4 Å². The van der Waals surface area contributed by atoms with Gasteiger partial charge in [-0.25, -0.2) is 0 Å². The number of nitrogens with zero attached hydrogens (tertiary/aromatic N) is 2. The van der Waals surface area contributed by atoms with Crippen LogP contribution in [0.2, 0.25) is 0 Å². The summed E-state index contributed by atoms with van der Waals surface area (Å²) in [5.74, 6) is 0.0278. The monoisotopic (exact) mass is 305 g/mol. The Kier molecular flexibility index (Phi) is 7.26. The SMILES string of the molecule is CN(CC(=O)N1CCNCC1)C(=O)CC1CCCO1.Cl. The van der Waals surface area contributed by atoms with Crippen LogP contribution in [0.5, 0.6) is 0 Å². The number of amides is 2. The van der Waals surface area contributed by atoms with E-state index in [1.165, 1.54) is 4.90 Å². The van der Waals surface area contributed by atoms with Gasteiger partial charge in [-0.3, -0.25) is 9.59 Å². The highest BCUT2D eigenvalue weighted by atomic mass is 35.5. The normalized spacial score (nSPS) is 22.2. The number of hydrogen-bond acceptors (Lipinski definition) is 4. The van der Waals surface area contributed by atoms with Crippen molar-refractivity contribution in [3.05, 3.63) is 0 Å². The highest BCUT2D eigenvalue weighted by Gasteiger charge is 2.24. The molecule has 0 aromatic carbocycles. The largest absolute Gasteiger partial charge is 0.378 e. The van der Waals surface area contributed by atoms with Gasteiger partial charge in [0.2, 0.25) is 11.8 Å². The lowest BCUT2D eigenvalue weighted by Crippen LogP contribution is -2.50. The molecule has 0 radical (unpaired) electrons. The van der Waals surface area contributed by atoms with Crippen molar-refractivity contribution in [2.24, 2.45) is 0 Å². The zero-order valence-corrected chi connectivity index (χ0v) is 12.8. The maximum Gasteiger partial charge on any atom is 0.242 e. The molecule has 116 valence electrons. The summed E-state index contributed by atoms with van der Waals surface area (Å²) in [6, 6.07) is 0. The summed E-state index contributed by atoms with van der Waals surface area (Å²) < 4.78 is 5.44. The summed E-state index contributed by atoms with van der Waals surface area (Å²) in [5.41, 5.74) is 0. The molecule has 0 bridgehead atoms. The third-order valence-electron chi connectivity index (χ3n) is 3.69. The third-order valence-corrected chi connectivity index (χ3v) is 3.69. The van der Waals surface area contributed by atoms with Crippen molar-refractivity contribution in [2.45, 2.75) is 25.4 Å². The van der Waals surface area contributed by atoms with Crippen LogP contribution in [-0.2, 0) is 14.3 Å². The molecule has 0 spiro atoms. The molecular formula is C13H24ClN3O3. The fourth-order valence-corrected chi connectivity index (χ4v) is 2.46. The van der Waals surface area contributed by atoms with E-state index in [0.717, 1.165) is 45.6 Å². The van der Waals surface area contributed by atoms with Gasteiger partial charge in [-0.15, -0.1) is 12.4 Å². The first-order valence-electron chi connectivity index (χ1n) is 7.01. The summed E-state index contributed by atoms with van der Waals surface area (Å²) in [6.45, 7) is 4.05. The molecule has 0 aromatic rings. The second-order valence-electron chi connectivity index (χ2n) is 5.22. The van der Waals surface area contributed by atoms with E-state index in [1.54, 1.807) is 7.05 Å². The maximum absolute atomic E-state index is 12.0. The van der Waals surface area contributed by atoms with Crippen LogP contribution in [-0.4, -0.2) is 74.1 Å². The molecule has 7 heteroatoms. The van der Waals surface area contributed by atoms with Gasteiger partial charge in [0.1, 0.15) is 0 Å². The van der Waals surface area contributed by atoms with Gasteiger partial charge in [0.25, 0.3) is 0 Å². The molecule has 2 heterocycles. The van der Waals surface area contributed by atoms with Crippen molar-refractivity contribution in [3.63, 3.8) is 0 Å². The quantitative estimate of drug-likeness (QED) is 0.786. The summed E-state index contributed by atoms with van der Waals surface area (Å²) >= 11 is 0. The van der Waals surface area contributed by atoms with E-state index in [0.29, 0.717) is 6.42 Å². The molecule has 1 unspecified atom stereocenters. The van der Waals surface area contributed by atoms with E-state index < -0.39 is 0 Å². The van der Waals surface area contributed by atoms with Gasteiger partial charge in [-0.05, 0) is 12.8 Å². The lowest BCUT2D eigenvalue weighted by molar-refractivity contribution is -0.140. The first-order valence-corrected chi connectivity index (χ1v) is 7.01. The van der Waals surface area contributed by atoms with Crippen LogP contribution in [0, 0.1) is 0 Å². The number of carbonyl (C=O) groups excluding carboxylic acids is 2. The zero-order valence-electron chi connectivity index (χ0n) is 12.0. The topological polar surface area (TPSA) is 61.9 Å². The first kappa shape index (κ1) is 17.2. The lowest BCUT2D eigenvalue weighted by Gasteiger charge is -2.29. The van der Waals surface area contributed by atoms with Crippen LogP contribution in [0.15, 0.2) is 0 Å². The smallest absolute Gasteiger partial charge is 0.242 e. The molecule has 1 N–H and O–H groups in total. The van der Waals surface area contributed by atoms with Gasteiger partial charge in [0.05, 0.1) is 19.1 Å². The molecule has 6 nitrogen and oxygen atoms in total. The van der Waals surface area contributed by atoms with E-state index in [9.17, 15) is 9.59 Å². The van der Waals surface area contributed by atoms with Crippen molar-refractivity contribution in [1.29, 1.82) is 0 Å². The predicted octanol–water partition coefficient (Wildman–Crippen LogP) is -0.132. The summed E-state index contributed by atoms with van der Waals surface area (Å²) in [7, 11) is 1.69. The van der Waals surface area contributed by atoms with Gasteiger partial charge in [-0.2, -0.15) is 0 Å². The van der Waals surface area contributed by atoms with Crippen molar-refractivity contribution < 1.29 is 14.3 Å². The third kappa shape index (κ3) is 4.92. The Hall–Kier alpha value is -0.850. The van der Waals surface area contributed by atoms with Gasteiger partial charge in [-0.1, -0.05) is 0 Å². The Morgan fingerprint density at radius 2 is 2.05 bits per heavy atom. The molecule has 2 aliphatic heterocycles. The molecule has 2 rings (SSSR count). The van der Waals surface area contributed by atoms with E-state index in [1.807, 2.05) is 4.90 Å². The summed E-state index contributed by atoms with van der Waals surface area (Å²) in [4.78, 5) is 27.3.